The predicted molar refractivity (Wildman–Crippen MR) is 224 cm³/mol. The summed E-state index contributed by atoms with van der Waals surface area (Å²) in [6.07, 6.45) is 0.379. The van der Waals surface area contributed by atoms with Gasteiger partial charge in [-0.2, -0.15) is 0 Å². The van der Waals surface area contributed by atoms with Crippen LogP contribution in [-0.2, 0) is 16.0 Å². The van der Waals surface area contributed by atoms with Crippen molar-refractivity contribution in [3.8, 4) is 34.5 Å². The molecule has 2 amide bonds. The fourth-order valence-electron chi connectivity index (χ4n) is 8.95. The largest absolute Gasteiger partial charge is 0.493 e. The Kier molecular flexibility index (Phi) is 12.7. The minimum absolute atomic E-state index is 0.0220. The van der Waals surface area contributed by atoms with Gasteiger partial charge in [0.1, 0.15) is 11.5 Å². The molecule has 0 radical (unpaired) electrons. The van der Waals surface area contributed by atoms with Crippen LogP contribution in [0.5, 0.6) is 34.5 Å². The molecule has 2 aliphatic heterocycles. The Morgan fingerprint density at radius 2 is 1.03 bits per heavy atom. The Balaban J connectivity index is 1.26. The molecule has 0 N–H and O–H groups in total. The molecule has 12 heteroatoms. The lowest BCUT2D eigenvalue weighted by Crippen LogP contribution is -2.56. The van der Waals surface area contributed by atoms with E-state index in [-0.39, 0.29) is 11.8 Å². The van der Waals surface area contributed by atoms with Gasteiger partial charge in [0.2, 0.25) is 11.8 Å². The number of anilines is 2. The zero-order chi connectivity index (χ0) is 40.8. The number of fused-ring (bicyclic) bond motifs is 1. The van der Waals surface area contributed by atoms with Gasteiger partial charge in [0, 0.05) is 58.3 Å². The number of methoxy groups -OCH3 is 4. The van der Waals surface area contributed by atoms with Crippen molar-refractivity contribution in [2.75, 3.05) is 104 Å². The maximum atomic E-state index is 15.4. The second kappa shape index (κ2) is 18.2. The lowest BCUT2D eigenvalue weighted by atomic mass is 9.65. The van der Waals surface area contributed by atoms with E-state index in [0.717, 1.165) is 39.6 Å². The molecule has 2 fully saturated rings. The average molecular weight is 793 g/mol. The Morgan fingerprint density at radius 1 is 0.552 bits per heavy atom. The highest BCUT2D eigenvalue weighted by Crippen LogP contribution is 2.50. The number of amides is 2. The van der Waals surface area contributed by atoms with Crippen molar-refractivity contribution in [1.82, 2.24) is 9.80 Å². The van der Waals surface area contributed by atoms with E-state index in [1.54, 1.807) is 28.4 Å². The highest BCUT2D eigenvalue weighted by molar-refractivity contribution is 5.90. The topological polar surface area (TPSA) is 102 Å². The first-order valence-electron chi connectivity index (χ1n) is 20.3. The zero-order valence-corrected chi connectivity index (χ0v) is 34.6. The van der Waals surface area contributed by atoms with Crippen molar-refractivity contribution in [1.29, 1.82) is 0 Å². The summed E-state index contributed by atoms with van der Waals surface area (Å²) in [5.74, 6) is 2.02. The van der Waals surface area contributed by atoms with Crippen molar-refractivity contribution >= 4 is 23.2 Å². The summed E-state index contributed by atoms with van der Waals surface area (Å²) >= 11 is 0. The van der Waals surface area contributed by atoms with Crippen molar-refractivity contribution in [2.45, 2.75) is 26.2 Å². The molecule has 58 heavy (non-hydrogen) atoms. The van der Waals surface area contributed by atoms with Gasteiger partial charge in [-0.15, -0.1) is 0 Å². The summed E-state index contributed by atoms with van der Waals surface area (Å²) in [5, 5.41) is 0. The molecule has 4 aromatic rings. The van der Waals surface area contributed by atoms with E-state index < -0.39 is 17.8 Å². The van der Waals surface area contributed by atoms with Gasteiger partial charge in [-0.05, 0) is 85.5 Å². The number of para-hydroxylation sites is 4. The molecule has 0 aromatic heterocycles. The number of benzene rings is 4. The molecule has 1 aliphatic carbocycles. The molecule has 0 saturated carbocycles. The third kappa shape index (κ3) is 8.01. The minimum atomic E-state index is -0.713. The van der Waals surface area contributed by atoms with Crippen LogP contribution in [0, 0.1) is 11.8 Å². The van der Waals surface area contributed by atoms with E-state index in [1.807, 2.05) is 90.4 Å². The summed E-state index contributed by atoms with van der Waals surface area (Å²) in [5.41, 5.74) is 4.76. The molecule has 0 spiro atoms. The molecule has 3 aliphatic rings. The standard InChI is InChI=1S/C46H56N4O8/c1-7-57-37-15-11-9-13-35(37)47-19-23-49(24-20-47)45(51)34-27-32-29-41(55-5)42(56-6)30-33(32)43(31-17-18-39(53-3)40(28-31)54-4)44(34)46(52)50-25-21-48(22-26-50)36-14-10-12-16-38(36)58-8-2/h9-18,28-30,34,43-44H,7-8,19-27H2,1-6H3. The third-order valence-electron chi connectivity index (χ3n) is 11.8. The van der Waals surface area contributed by atoms with Crippen LogP contribution in [-0.4, -0.2) is 116 Å². The molecule has 4 aromatic carbocycles. The van der Waals surface area contributed by atoms with Crippen LogP contribution < -0.4 is 38.2 Å². The molecule has 3 atom stereocenters. The van der Waals surface area contributed by atoms with Gasteiger partial charge in [0.15, 0.2) is 23.0 Å². The highest BCUT2D eigenvalue weighted by Gasteiger charge is 2.49. The Hall–Kier alpha value is -5.78. The third-order valence-corrected chi connectivity index (χ3v) is 11.8. The smallest absolute Gasteiger partial charge is 0.227 e. The first-order valence-corrected chi connectivity index (χ1v) is 20.3. The van der Waals surface area contributed by atoms with Crippen LogP contribution >= 0.6 is 0 Å². The number of rotatable bonds is 13. The summed E-state index contributed by atoms with van der Waals surface area (Å²) < 4.78 is 35.0. The van der Waals surface area contributed by atoms with Crippen LogP contribution in [0.1, 0.15) is 36.5 Å². The summed E-state index contributed by atoms with van der Waals surface area (Å²) in [7, 11) is 6.44. The van der Waals surface area contributed by atoms with Crippen molar-refractivity contribution in [3.05, 3.63) is 95.6 Å². The van der Waals surface area contributed by atoms with Crippen molar-refractivity contribution in [2.24, 2.45) is 11.8 Å². The average Bonchev–Trinajstić information content (AvgIpc) is 3.28. The van der Waals surface area contributed by atoms with Gasteiger partial charge in [0.25, 0.3) is 0 Å². The van der Waals surface area contributed by atoms with E-state index in [1.165, 1.54) is 0 Å². The first-order chi connectivity index (χ1) is 28.3. The van der Waals surface area contributed by atoms with Crippen LogP contribution in [0.15, 0.2) is 78.9 Å². The molecule has 2 saturated heterocycles. The van der Waals surface area contributed by atoms with Crippen LogP contribution in [0.2, 0.25) is 0 Å². The van der Waals surface area contributed by atoms with Crippen LogP contribution in [0.3, 0.4) is 0 Å². The lowest BCUT2D eigenvalue weighted by Gasteiger charge is -2.45. The molecule has 3 unspecified atom stereocenters. The van der Waals surface area contributed by atoms with Crippen molar-refractivity contribution in [3.63, 3.8) is 0 Å². The van der Waals surface area contributed by atoms with Gasteiger partial charge < -0.3 is 48.0 Å². The van der Waals surface area contributed by atoms with Gasteiger partial charge in [-0.25, -0.2) is 0 Å². The van der Waals surface area contributed by atoms with E-state index in [0.29, 0.717) is 95.0 Å². The number of hydrogen-bond acceptors (Lipinski definition) is 10. The number of nitrogens with zero attached hydrogens (tertiary/aromatic N) is 4. The number of hydrogen-bond donors (Lipinski definition) is 0. The quantitative estimate of drug-likeness (QED) is 0.157. The van der Waals surface area contributed by atoms with E-state index in [4.69, 9.17) is 28.4 Å². The van der Waals surface area contributed by atoms with Crippen LogP contribution in [0.4, 0.5) is 11.4 Å². The second-order valence-corrected chi connectivity index (χ2v) is 14.8. The minimum Gasteiger partial charge on any atom is -0.493 e. The molecular formula is C46H56N4O8. The molecule has 308 valence electrons. The molecule has 7 rings (SSSR count). The van der Waals surface area contributed by atoms with Gasteiger partial charge >= 0.3 is 0 Å². The van der Waals surface area contributed by atoms with E-state index in [9.17, 15) is 0 Å². The highest BCUT2D eigenvalue weighted by atomic mass is 16.5. The van der Waals surface area contributed by atoms with Gasteiger partial charge in [0.05, 0.1) is 64.9 Å². The SMILES string of the molecule is CCOc1ccccc1N1CCN(C(=O)C2Cc3cc(OC)c(OC)cc3C(c3ccc(OC)c(OC)c3)C2C(=O)N2CCN(c3ccccc3OCC)CC2)CC1. The molecule has 12 nitrogen and oxygen atoms in total. The van der Waals surface area contributed by atoms with Crippen molar-refractivity contribution < 1.29 is 38.0 Å². The maximum absolute atomic E-state index is 15.4. The number of ether oxygens (including phenoxy) is 6. The monoisotopic (exact) mass is 792 g/mol. The van der Waals surface area contributed by atoms with E-state index in [2.05, 4.69) is 21.9 Å². The molecular weight excluding hydrogens is 737 g/mol. The fourth-order valence-corrected chi connectivity index (χ4v) is 8.95. The van der Waals surface area contributed by atoms with E-state index >= 15 is 9.59 Å². The number of carbonyl (C=O) groups is 2. The Morgan fingerprint density at radius 3 is 1.55 bits per heavy atom. The maximum Gasteiger partial charge on any atom is 0.227 e. The number of piperazine rings is 2. The zero-order valence-electron chi connectivity index (χ0n) is 34.6. The molecule has 0 bridgehead atoms. The summed E-state index contributed by atoms with van der Waals surface area (Å²) in [4.78, 5) is 39.1. The number of carbonyl (C=O) groups excluding carboxylic acids is 2. The Labute approximate surface area is 342 Å². The Bertz CT molecular complexity index is 2060. The second-order valence-electron chi connectivity index (χ2n) is 14.8. The predicted octanol–water partition coefficient (Wildman–Crippen LogP) is 6.14. The summed E-state index contributed by atoms with van der Waals surface area (Å²) in [6, 6.07) is 25.8. The first kappa shape index (κ1) is 40.4. The summed E-state index contributed by atoms with van der Waals surface area (Å²) in [6.45, 7) is 9.72. The van der Waals surface area contributed by atoms with Gasteiger partial charge in [-0.1, -0.05) is 30.3 Å². The van der Waals surface area contributed by atoms with Gasteiger partial charge in [-0.3, -0.25) is 9.59 Å². The fraction of sp³-hybridized carbons (Fsp3) is 0.435. The molecule has 2 heterocycles. The normalized spacial score (nSPS) is 19.2. The lowest BCUT2D eigenvalue weighted by molar-refractivity contribution is -0.148. The van der Waals surface area contributed by atoms with Crippen LogP contribution in [0.25, 0.3) is 0 Å².